The molecule has 1 aromatic carbocycles. The third-order valence-corrected chi connectivity index (χ3v) is 2.98. The molecule has 1 rings (SSSR count). The minimum atomic E-state index is -0.354. The van der Waals surface area contributed by atoms with Gasteiger partial charge in [0, 0.05) is 19.2 Å². The highest BCUT2D eigenvalue weighted by Gasteiger charge is 2.22. The molecule has 1 aromatic rings. The summed E-state index contributed by atoms with van der Waals surface area (Å²) in [6, 6.07) is 4.54. The molecule has 0 saturated carbocycles. The number of rotatable bonds is 4. The Morgan fingerprint density at radius 2 is 2.06 bits per heavy atom. The largest absolute Gasteiger partial charge is 0.341 e. The fourth-order valence-corrected chi connectivity index (χ4v) is 1.72. The molecular weight excluding hydrogens is 231 g/mol. The summed E-state index contributed by atoms with van der Waals surface area (Å²) in [5.74, 6) is -0.539. The smallest absolute Gasteiger partial charge is 0.253 e. The van der Waals surface area contributed by atoms with E-state index in [-0.39, 0.29) is 17.1 Å². The van der Waals surface area contributed by atoms with Crippen LogP contribution in [0.15, 0.2) is 18.2 Å². The Morgan fingerprint density at radius 3 is 2.56 bits per heavy atom. The van der Waals surface area contributed by atoms with Crippen molar-refractivity contribution >= 4 is 5.91 Å². The van der Waals surface area contributed by atoms with Gasteiger partial charge >= 0.3 is 0 Å². The molecule has 0 aromatic heterocycles. The molecule has 18 heavy (non-hydrogen) atoms. The van der Waals surface area contributed by atoms with Gasteiger partial charge in [-0.05, 0) is 36.6 Å². The van der Waals surface area contributed by atoms with E-state index in [1.165, 1.54) is 6.07 Å². The number of hydrogen-bond donors (Lipinski definition) is 1. The van der Waals surface area contributed by atoms with Crippen molar-refractivity contribution in [3.63, 3.8) is 0 Å². The number of benzene rings is 1. The lowest BCUT2D eigenvalue weighted by molar-refractivity contribution is 0.0740. The number of aryl methyl sites for hydroxylation is 1. The van der Waals surface area contributed by atoms with Crippen LogP contribution in [0.4, 0.5) is 4.39 Å². The van der Waals surface area contributed by atoms with Crippen molar-refractivity contribution < 1.29 is 9.18 Å². The van der Waals surface area contributed by atoms with E-state index in [0.29, 0.717) is 24.2 Å². The van der Waals surface area contributed by atoms with Crippen LogP contribution in [0.25, 0.3) is 0 Å². The highest BCUT2D eigenvalue weighted by atomic mass is 19.1. The number of nitrogens with zero attached hydrogens (tertiary/aromatic N) is 1. The fourth-order valence-electron chi connectivity index (χ4n) is 1.72. The molecule has 3 nitrogen and oxygen atoms in total. The second-order valence-corrected chi connectivity index (χ2v) is 5.49. The molecule has 2 N–H and O–H groups in total. The van der Waals surface area contributed by atoms with E-state index in [4.69, 9.17) is 5.73 Å². The molecule has 100 valence electrons. The molecule has 0 aliphatic heterocycles. The summed E-state index contributed by atoms with van der Waals surface area (Å²) < 4.78 is 13.4. The van der Waals surface area contributed by atoms with Crippen LogP contribution < -0.4 is 5.73 Å². The Balaban J connectivity index is 2.83. The lowest BCUT2D eigenvalue weighted by Gasteiger charge is -2.29. The summed E-state index contributed by atoms with van der Waals surface area (Å²) in [4.78, 5) is 13.7. The van der Waals surface area contributed by atoms with Crippen molar-refractivity contribution in [3.8, 4) is 0 Å². The lowest BCUT2D eigenvalue weighted by Crippen LogP contribution is -2.39. The first-order chi connectivity index (χ1) is 8.26. The van der Waals surface area contributed by atoms with E-state index in [9.17, 15) is 9.18 Å². The molecule has 0 aliphatic carbocycles. The molecule has 1 amide bonds. The zero-order valence-corrected chi connectivity index (χ0v) is 11.5. The highest BCUT2D eigenvalue weighted by molar-refractivity contribution is 5.94. The average molecular weight is 252 g/mol. The van der Waals surface area contributed by atoms with Crippen molar-refractivity contribution in [2.45, 2.75) is 20.8 Å². The van der Waals surface area contributed by atoms with E-state index in [2.05, 4.69) is 0 Å². The van der Waals surface area contributed by atoms with Crippen molar-refractivity contribution in [2.24, 2.45) is 11.1 Å². The van der Waals surface area contributed by atoms with Crippen LogP contribution in [0.5, 0.6) is 0 Å². The van der Waals surface area contributed by atoms with Gasteiger partial charge in [0.2, 0.25) is 0 Å². The Labute approximate surface area is 108 Å². The summed E-state index contributed by atoms with van der Waals surface area (Å²) in [7, 11) is 1.71. The Hall–Kier alpha value is -1.42. The van der Waals surface area contributed by atoms with Crippen molar-refractivity contribution in [3.05, 3.63) is 35.1 Å². The molecule has 0 spiro atoms. The molecule has 0 saturated heterocycles. The van der Waals surface area contributed by atoms with E-state index in [1.54, 1.807) is 31.0 Å². The van der Waals surface area contributed by atoms with Gasteiger partial charge in [-0.25, -0.2) is 4.39 Å². The Morgan fingerprint density at radius 1 is 1.44 bits per heavy atom. The Kier molecular flexibility index (Phi) is 4.46. The number of hydrogen-bond acceptors (Lipinski definition) is 2. The molecule has 0 unspecified atom stereocenters. The average Bonchev–Trinajstić information content (AvgIpc) is 2.31. The zero-order chi connectivity index (χ0) is 13.9. The summed E-state index contributed by atoms with van der Waals surface area (Å²) in [6.07, 6.45) is 0. The van der Waals surface area contributed by atoms with Gasteiger partial charge in [0.15, 0.2) is 0 Å². The van der Waals surface area contributed by atoms with E-state index in [0.717, 1.165) is 0 Å². The van der Waals surface area contributed by atoms with Gasteiger partial charge in [-0.15, -0.1) is 0 Å². The maximum absolute atomic E-state index is 13.4. The second-order valence-electron chi connectivity index (χ2n) is 5.49. The van der Waals surface area contributed by atoms with Crippen LogP contribution in [0.3, 0.4) is 0 Å². The van der Waals surface area contributed by atoms with Gasteiger partial charge < -0.3 is 10.6 Å². The van der Waals surface area contributed by atoms with Gasteiger partial charge in [-0.1, -0.05) is 19.9 Å². The number of amides is 1. The number of nitrogens with two attached hydrogens (primary N) is 1. The quantitative estimate of drug-likeness (QED) is 0.893. The third kappa shape index (κ3) is 3.53. The standard InChI is InChI=1S/C14H21FN2O/c1-10-5-6-11(7-12(10)15)13(18)17(4)9-14(2,3)8-16/h5-7H,8-9,16H2,1-4H3. The molecule has 0 radical (unpaired) electrons. The predicted molar refractivity (Wildman–Crippen MR) is 70.9 cm³/mol. The van der Waals surface area contributed by atoms with Gasteiger partial charge in [0.05, 0.1) is 0 Å². The molecule has 0 heterocycles. The summed E-state index contributed by atoms with van der Waals surface area (Å²) in [5.41, 5.74) is 6.40. The maximum Gasteiger partial charge on any atom is 0.253 e. The van der Waals surface area contributed by atoms with Crippen LogP contribution in [0.2, 0.25) is 0 Å². The van der Waals surface area contributed by atoms with Crippen molar-refractivity contribution in [2.75, 3.05) is 20.1 Å². The van der Waals surface area contributed by atoms with Gasteiger partial charge in [-0.2, -0.15) is 0 Å². The number of halogens is 1. The number of carbonyl (C=O) groups is 1. The number of carbonyl (C=O) groups excluding carboxylic acids is 1. The zero-order valence-electron chi connectivity index (χ0n) is 11.5. The van der Waals surface area contributed by atoms with Crippen molar-refractivity contribution in [1.82, 2.24) is 4.90 Å². The van der Waals surface area contributed by atoms with E-state index < -0.39 is 0 Å². The topological polar surface area (TPSA) is 46.3 Å². The maximum atomic E-state index is 13.4. The predicted octanol–water partition coefficient (Wildman–Crippen LogP) is 2.19. The SMILES string of the molecule is Cc1ccc(C(=O)N(C)CC(C)(C)CN)cc1F. The first kappa shape index (κ1) is 14.6. The summed E-state index contributed by atoms with van der Waals surface area (Å²) in [6.45, 7) is 6.69. The normalized spacial score (nSPS) is 11.4. The monoisotopic (exact) mass is 252 g/mol. The molecule has 0 aliphatic rings. The summed E-state index contributed by atoms with van der Waals surface area (Å²) >= 11 is 0. The highest BCUT2D eigenvalue weighted by Crippen LogP contribution is 2.16. The first-order valence-corrected chi connectivity index (χ1v) is 5.98. The van der Waals surface area contributed by atoms with Crippen LogP contribution >= 0.6 is 0 Å². The van der Waals surface area contributed by atoms with E-state index >= 15 is 0 Å². The van der Waals surface area contributed by atoms with Crippen LogP contribution in [0.1, 0.15) is 29.8 Å². The van der Waals surface area contributed by atoms with Gasteiger partial charge in [-0.3, -0.25) is 4.79 Å². The lowest BCUT2D eigenvalue weighted by atomic mass is 9.93. The van der Waals surface area contributed by atoms with Gasteiger partial charge in [0.1, 0.15) is 5.82 Å². The molecule has 0 bridgehead atoms. The molecule has 0 atom stereocenters. The van der Waals surface area contributed by atoms with E-state index in [1.807, 2.05) is 13.8 Å². The van der Waals surface area contributed by atoms with Crippen LogP contribution in [-0.2, 0) is 0 Å². The Bertz CT molecular complexity index is 443. The minimum absolute atomic E-state index is 0.145. The molecule has 0 fully saturated rings. The third-order valence-electron chi connectivity index (χ3n) is 2.98. The molecular formula is C14H21FN2O. The van der Waals surface area contributed by atoms with Crippen molar-refractivity contribution in [1.29, 1.82) is 0 Å². The second kappa shape index (κ2) is 5.48. The fraction of sp³-hybridized carbons (Fsp3) is 0.500. The van der Waals surface area contributed by atoms with Crippen LogP contribution in [0, 0.1) is 18.2 Å². The minimum Gasteiger partial charge on any atom is -0.341 e. The summed E-state index contributed by atoms with van der Waals surface area (Å²) in [5, 5.41) is 0. The first-order valence-electron chi connectivity index (χ1n) is 5.98. The van der Waals surface area contributed by atoms with Gasteiger partial charge in [0.25, 0.3) is 5.91 Å². The molecule has 4 heteroatoms. The van der Waals surface area contributed by atoms with Crippen LogP contribution in [-0.4, -0.2) is 30.9 Å².